The maximum atomic E-state index is 13.1. The van der Waals surface area contributed by atoms with E-state index in [1.807, 2.05) is 42.3 Å². The number of benzene rings is 2. The van der Waals surface area contributed by atoms with Crippen molar-refractivity contribution >= 4 is 16.9 Å². The van der Waals surface area contributed by atoms with E-state index in [0.717, 1.165) is 53.9 Å². The number of aromatic nitrogens is 2. The highest BCUT2D eigenvalue weighted by Gasteiger charge is 2.41. The number of imidazole rings is 1. The lowest BCUT2D eigenvalue weighted by Gasteiger charge is -2.24. The molecule has 2 aromatic carbocycles. The molecular formula is C22H24N4O2. The lowest BCUT2D eigenvalue weighted by Crippen LogP contribution is -2.38. The molecule has 6 nitrogen and oxygen atoms in total. The first kappa shape index (κ1) is 17.3. The molecule has 1 N–H and O–H groups in total. The highest BCUT2D eigenvalue weighted by molar-refractivity contribution is 5.96. The smallest absolute Gasteiger partial charge is 0.268 e. The van der Waals surface area contributed by atoms with Gasteiger partial charge >= 0.3 is 0 Å². The molecule has 2 aliphatic heterocycles. The molecule has 1 amide bonds. The summed E-state index contributed by atoms with van der Waals surface area (Å²) in [6.45, 7) is 6.49. The van der Waals surface area contributed by atoms with Gasteiger partial charge < -0.3 is 9.72 Å². The third-order valence-electron chi connectivity index (χ3n) is 5.80. The van der Waals surface area contributed by atoms with E-state index in [4.69, 9.17) is 9.72 Å². The van der Waals surface area contributed by atoms with Gasteiger partial charge in [-0.3, -0.25) is 9.80 Å². The van der Waals surface area contributed by atoms with Gasteiger partial charge in [0.2, 0.25) is 0 Å². The standard InChI is InChI=1S/C22H24N4O2/c1-3-28-19-13-15(22(27)26-16-9-11-25(26)12-10-16)7-8-17(19)21-23-18-6-4-5-14(2)20(18)24-21/h4-8,13,16H,3,9-12H2,1-2H3,(H,23,24). The highest BCUT2D eigenvalue weighted by Crippen LogP contribution is 2.34. The molecule has 3 aromatic rings. The number of carbonyl (C=O) groups is 1. The van der Waals surface area contributed by atoms with Crippen molar-refractivity contribution in [2.45, 2.75) is 32.7 Å². The Morgan fingerprint density at radius 1 is 1.25 bits per heavy atom. The van der Waals surface area contributed by atoms with Crippen LogP contribution in [0.5, 0.6) is 5.75 Å². The molecule has 2 saturated heterocycles. The van der Waals surface area contributed by atoms with Crippen LogP contribution >= 0.6 is 0 Å². The van der Waals surface area contributed by atoms with Crippen molar-refractivity contribution in [3.05, 3.63) is 47.5 Å². The van der Waals surface area contributed by atoms with E-state index in [0.29, 0.717) is 24.0 Å². The average molecular weight is 376 g/mol. The summed E-state index contributed by atoms with van der Waals surface area (Å²) in [4.78, 5) is 21.3. The van der Waals surface area contributed by atoms with Crippen LogP contribution in [0.25, 0.3) is 22.4 Å². The first-order valence-electron chi connectivity index (χ1n) is 9.96. The van der Waals surface area contributed by atoms with Crippen LogP contribution in [-0.2, 0) is 0 Å². The van der Waals surface area contributed by atoms with Crippen LogP contribution in [0, 0.1) is 6.92 Å². The molecule has 28 heavy (non-hydrogen) atoms. The lowest BCUT2D eigenvalue weighted by atomic mass is 10.1. The van der Waals surface area contributed by atoms with Crippen LogP contribution in [0.15, 0.2) is 36.4 Å². The number of carbonyl (C=O) groups excluding carboxylic acids is 1. The molecule has 1 aromatic heterocycles. The third kappa shape index (κ3) is 2.67. The van der Waals surface area contributed by atoms with E-state index >= 15 is 0 Å². The summed E-state index contributed by atoms with van der Waals surface area (Å²) < 4.78 is 5.90. The molecule has 0 aliphatic carbocycles. The first-order valence-corrected chi connectivity index (χ1v) is 9.96. The SMILES string of the molecule is CCOc1cc(C(=O)N2C3CCN2CC3)ccc1-c1nc2c(C)cccc2[nH]1. The van der Waals surface area contributed by atoms with Crippen molar-refractivity contribution in [2.24, 2.45) is 0 Å². The number of nitrogens with zero attached hydrogens (tertiary/aromatic N) is 3. The second-order valence-corrected chi connectivity index (χ2v) is 7.53. The predicted octanol–water partition coefficient (Wildman–Crippen LogP) is 3.77. The Labute approximate surface area is 164 Å². The first-order chi connectivity index (χ1) is 13.7. The number of para-hydroxylation sites is 1. The Balaban J connectivity index is 1.53. The van der Waals surface area contributed by atoms with Gasteiger partial charge in [0.15, 0.2) is 0 Å². The third-order valence-corrected chi connectivity index (χ3v) is 5.80. The fourth-order valence-corrected chi connectivity index (χ4v) is 4.40. The molecule has 2 aliphatic rings. The van der Waals surface area contributed by atoms with E-state index in [2.05, 4.69) is 23.0 Å². The molecule has 3 heterocycles. The number of aromatic amines is 1. The van der Waals surface area contributed by atoms with Gasteiger partial charge in [0.1, 0.15) is 11.6 Å². The predicted molar refractivity (Wildman–Crippen MR) is 108 cm³/mol. The zero-order valence-electron chi connectivity index (χ0n) is 16.2. The van der Waals surface area contributed by atoms with Gasteiger partial charge in [0, 0.05) is 18.7 Å². The fourth-order valence-electron chi connectivity index (χ4n) is 4.40. The van der Waals surface area contributed by atoms with Gasteiger partial charge in [-0.15, -0.1) is 0 Å². The Hall–Kier alpha value is -2.86. The van der Waals surface area contributed by atoms with Crippen molar-refractivity contribution in [3.8, 4) is 17.1 Å². The van der Waals surface area contributed by atoms with Gasteiger partial charge in [0.05, 0.1) is 29.2 Å². The Morgan fingerprint density at radius 2 is 2.07 bits per heavy atom. The number of aryl methyl sites for hydroxylation is 1. The minimum absolute atomic E-state index is 0.0629. The highest BCUT2D eigenvalue weighted by atomic mass is 16.5. The lowest BCUT2D eigenvalue weighted by molar-refractivity contribution is 0.0334. The van der Waals surface area contributed by atoms with Crippen molar-refractivity contribution in [1.82, 2.24) is 20.0 Å². The van der Waals surface area contributed by atoms with Crippen LogP contribution in [0.2, 0.25) is 0 Å². The van der Waals surface area contributed by atoms with Gasteiger partial charge in [-0.1, -0.05) is 12.1 Å². The summed E-state index contributed by atoms with van der Waals surface area (Å²) in [5.41, 5.74) is 4.63. The second kappa shape index (κ2) is 6.63. The minimum atomic E-state index is 0.0629. The number of hydrogen-bond acceptors (Lipinski definition) is 4. The number of hydrogen-bond donors (Lipinski definition) is 1. The van der Waals surface area contributed by atoms with Gasteiger partial charge in [0.25, 0.3) is 5.91 Å². The molecule has 144 valence electrons. The van der Waals surface area contributed by atoms with Crippen molar-refractivity contribution in [3.63, 3.8) is 0 Å². The van der Waals surface area contributed by atoms with Gasteiger partial charge in [-0.25, -0.2) is 9.99 Å². The van der Waals surface area contributed by atoms with Crippen LogP contribution in [0.1, 0.15) is 35.7 Å². The summed E-state index contributed by atoms with van der Waals surface area (Å²) in [7, 11) is 0. The van der Waals surface area contributed by atoms with E-state index in [1.165, 1.54) is 0 Å². The van der Waals surface area contributed by atoms with E-state index < -0.39 is 0 Å². The average Bonchev–Trinajstić information content (AvgIpc) is 3.42. The molecule has 0 spiro atoms. The number of piperidine rings is 1. The topological polar surface area (TPSA) is 61.5 Å². The van der Waals surface area contributed by atoms with E-state index in [9.17, 15) is 4.79 Å². The Bertz CT molecular complexity index is 1040. The molecule has 0 radical (unpaired) electrons. The van der Waals surface area contributed by atoms with Crippen molar-refractivity contribution in [2.75, 3.05) is 19.7 Å². The molecule has 0 saturated carbocycles. The molecule has 2 bridgehead atoms. The number of nitrogens with one attached hydrogen (secondary N) is 1. The molecule has 0 atom stereocenters. The van der Waals surface area contributed by atoms with Crippen LogP contribution in [-0.4, -0.2) is 51.6 Å². The van der Waals surface area contributed by atoms with Crippen molar-refractivity contribution in [1.29, 1.82) is 0 Å². The minimum Gasteiger partial charge on any atom is -0.493 e. The van der Waals surface area contributed by atoms with E-state index in [1.54, 1.807) is 0 Å². The quantitative estimate of drug-likeness (QED) is 0.753. The van der Waals surface area contributed by atoms with Gasteiger partial charge in [-0.2, -0.15) is 0 Å². The zero-order valence-corrected chi connectivity index (χ0v) is 16.2. The Kier molecular flexibility index (Phi) is 4.09. The monoisotopic (exact) mass is 376 g/mol. The Morgan fingerprint density at radius 3 is 2.75 bits per heavy atom. The van der Waals surface area contributed by atoms with Crippen LogP contribution in [0.4, 0.5) is 0 Å². The van der Waals surface area contributed by atoms with Crippen LogP contribution in [0.3, 0.4) is 0 Å². The zero-order chi connectivity index (χ0) is 19.3. The van der Waals surface area contributed by atoms with Crippen molar-refractivity contribution < 1.29 is 9.53 Å². The largest absolute Gasteiger partial charge is 0.493 e. The molecule has 2 fully saturated rings. The number of rotatable bonds is 4. The second-order valence-electron chi connectivity index (χ2n) is 7.53. The van der Waals surface area contributed by atoms with Gasteiger partial charge in [-0.05, 0) is 56.5 Å². The fraction of sp³-hybridized carbons (Fsp3) is 0.364. The number of fused-ring (bicyclic) bond motifs is 3. The summed E-state index contributed by atoms with van der Waals surface area (Å²) in [6, 6.07) is 12.1. The van der Waals surface area contributed by atoms with Crippen LogP contribution < -0.4 is 4.74 Å². The number of amides is 1. The summed E-state index contributed by atoms with van der Waals surface area (Å²) in [5, 5.41) is 4.11. The summed E-state index contributed by atoms with van der Waals surface area (Å²) in [5.74, 6) is 1.51. The molecule has 5 rings (SSSR count). The maximum Gasteiger partial charge on any atom is 0.268 e. The number of ether oxygens (including phenoxy) is 1. The maximum absolute atomic E-state index is 13.1. The number of H-pyrrole nitrogens is 1. The normalized spacial score (nSPS) is 20.9. The summed E-state index contributed by atoms with van der Waals surface area (Å²) >= 11 is 0. The summed E-state index contributed by atoms with van der Waals surface area (Å²) in [6.07, 6.45) is 2.14. The molecular weight excluding hydrogens is 352 g/mol. The number of hydrazine groups is 1. The molecule has 6 heteroatoms. The van der Waals surface area contributed by atoms with E-state index in [-0.39, 0.29) is 5.91 Å². The molecule has 0 unspecified atom stereocenters.